The van der Waals surface area contributed by atoms with Crippen LogP contribution >= 0.6 is 0 Å². The fourth-order valence-electron chi connectivity index (χ4n) is 2.55. The first-order valence-corrected chi connectivity index (χ1v) is 6.56. The molecule has 5 heteroatoms. The molecule has 1 heterocycles. The number of aryl methyl sites for hydroxylation is 1. The van der Waals surface area contributed by atoms with Gasteiger partial charge in [0.25, 0.3) is 5.91 Å². The molecule has 2 N–H and O–H groups in total. The van der Waals surface area contributed by atoms with Gasteiger partial charge in [-0.05, 0) is 25.3 Å². The summed E-state index contributed by atoms with van der Waals surface area (Å²) in [7, 11) is 1.72. The predicted octanol–water partition coefficient (Wildman–Crippen LogP) is 1.35. The zero-order valence-electron chi connectivity index (χ0n) is 11.1. The molecule has 0 radical (unpaired) electrons. The van der Waals surface area contributed by atoms with E-state index in [-0.39, 0.29) is 5.91 Å². The number of nitrogens with one attached hydrogen (secondary N) is 1. The first kappa shape index (κ1) is 13.1. The molecule has 0 bridgehead atoms. The van der Waals surface area contributed by atoms with E-state index in [0.29, 0.717) is 12.2 Å². The van der Waals surface area contributed by atoms with E-state index in [2.05, 4.69) is 10.2 Å². The number of carbonyl (C=O) groups is 1. The number of nitrogens with zero attached hydrogens (tertiary/aromatic N) is 2. The van der Waals surface area contributed by atoms with Crippen molar-refractivity contribution >= 4 is 5.91 Å². The van der Waals surface area contributed by atoms with E-state index in [0.717, 1.165) is 37.8 Å². The Balaban J connectivity index is 2.00. The second-order valence-electron chi connectivity index (χ2n) is 5.22. The van der Waals surface area contributed by atoms with Gasteiger partial charge in [-0.3, -0.25) is 9.89 Å². The molecule has 1 aliphatic rings. The van der Waals surface area contributed by atoms with Crippen LogP contribution in [-0.2, 0) is 6.42 Å². The van der Waals surface area contributed by atoms with Crippen molar-refractivity contribution in [1.82, 2.24) is 15.1 Å². The molecule has 0 saturated heterocycles. The molecule has 0 spiro atoms. The summed E-state index contributed by atoms with van der Waals surface area (Å²) in [6, 6.07) is 1.78. The van der Waals surface area contributed by atoms with Crippen LogP contribution in [0.2, 0.25) is 0 Å². The Morgan fingerprint density at radius 2 is 2.22 bits per heavy atom. The van der Waals surface area contributed by atoms with E-state index in [1.807, 2.05) is 6.92 Å². The van der Waals surface area contributed by atoms with Crippen LogP contribution in [0.1, 0.15) is 48.8 Å². The average Bonchev–Trinajstić information content (AvgIpc) is 2.96. The maximum absolute atomic E-state index is 12.1. The highest BCUT2D eigenvalue weighted by Crippen LogP contribution is 2.30. The Morgan fingerprint density at radius 3 is 2.78 bits per heavy atom. The van der Waals surface area contributed by atoms with E-state index in [9.17, 15) is 9.90 Å². The van der Waals surface area contributed by atoms with Gasteiger partial charge in [0.2, 0.25) is 0 Å². The number of aliphatic hydroxyl groups is 1. The molecule has 1 aliphatic carbocycles. The van der Waals surface area contributed by atoms with Gasteiger partial charge in [-0.25, -0.2) is 0 Å². The zero-order valence-corrected chi connectivity index (χ0v) is 11.1. The number of H-pyrrole nitrogens is 1. The third-order valence-corrected chi connectivity index (χ3v) is 3.64. The van der Waals surface area contributed by atoms with Crippen LogP contribution in [0.4, 0.5) is 0 Å². The van der Waals surface area contributed by atoms with E-state index in [4.69, 9.17) is 0 Å². The SMILES string of the molecule is CCc1cc(C(=O)N(C)CC2(O)CCCC2)n[nH]1. The summed E-state index contributed by atoms with van der Waals surface area (Å²) in [5.74, 6) is -0.133. The highest BCUT2D eigenvalue weighted by molar-refractivity contribution is 5.92. The van der Waals surface area contributed by atoms with Gasteiger partial charge in [0.05, 0.1) is 5.60 Å². The molecule has 0 unspecified atom stereocenters. The van der Waals surface area contributed by atoms with Gasteiger partial charge >= 0.3 is 0 Å². The molecule has 5 nitrogen and oxygen atoms in total. The molecule has 1 saturated carbocycles. The summed E-state index contributed by atoms with van der Waals surface area (Å²) in [4.78, 5) is 13.7. The number of carbonyl (C=O) groups excluding carboxylic acids is 1. The molecular weight excluding hydrogens is 230 g/mol. The van der Waals surface area contributed by atoms with Crippen LogP contribution in [0, 0.1) is 0 Å². The summed E-state index contributed by atoms with van der Waals surface area (Å²) in [5.41, 5.74) is 0.677. The van der Waals surface area contributed by atoms with Crippen LogP contribution in [0.3, 0.4) is 0 Å². The van der Waals surface area contributed by atoms with E-state index in [1.54, 1.807) is 18.0 Å². The minimum Gasteiger partial charge on any atom is -0.388 e. The van der Waals surface area contributed by atoms with Gasteiger partial charge in [0, 0.05) is 19.3 Å². The second kappa shape index (κ2) is 5.10. The van der Waals surface area contributed by atoms with E-state index in [1.165, 1.54) is 0 Å². The van der Waals surface area contributed by atoms with Crippen molar-refractivity contribution in [3.8, 4) is 0 Å². The number of aromatic amines is 1. The van der Waals surface area contributed by atoms with Crippen LogP contribution in [0.15, 0.2) is 6.07 Å². The van der Waals surface area contributed by atoms with Crippen molar-refractivity contribution in [3.05, 3.63) is 17.5 Å². The number of hydrogen-bond donors (Lipinski definition) is 2. The normalized spacial score (nSPS) is 17.9. The highest BCUT2D eigenvalue weighted by Gasteiger charge is 2.33. The van der Waals surface area contributed by atoms with Gasteiger partial charge in [0.15, 0.2) is 0 Å². The summed E-state index contributed by atoms with van der Waals surface area (Å²) in [6.45, 7) is 2.40. The van der Waals surface area contributed by atoms with Gasteiger partial charge in [-0.1, -0.05) is 19.8 Å². The van der Waals surface area contributed by atoms with Crippen molar-refractivity contribution in [3.63, 3.8) is 0 Å². The lowest BCUT2D eigenvalue weighted by atomic mass is 10.0. The van der Waals surface area contributed by atoms with Crippen molar-refractivity contribution in [2.75, 3.05) is 13.6 Å². The van der Waals surface area contributed by atoms with Crippen LogP contribution in [-0.4, -0.2) is 45.3 Å². The summed E-state index contributed by atoms with van der Waals surface area (Å²) >= 11 is 0. The van der Waals surface area contributed by atoms with E-state index >= 15 is 0 Å². The molecule has 18 heavy (non-hydrogen) atoms. The van der Waals surface area contributed by atoms with Gasteiger partial charge in [-0.15, -0.1) is 0 Å². The van der Waals surface area contributed by atoms with Crippen molar-refractivity contribution < 1.29 is 9.90 Å². The number of amides is 1. The third kappa shape index (κ3) is 2.72. The Hall–Kier alpha value is -1.36. The lowest BCUT2D eigenvalue weighted by Gasteiger charge is -2.28. The smallest absolute Gasteiger partial charge is 0.274 e. The van der Waals surface area contributed by atoms with Crippen molar-refractivity contribution in [2.24, 2.45) is 0 Å². The minimum absolute atomic E-state index is 0.133. The Labute approximate surface area is 107 Å². The van der Waals surface area contributed by atoms with Crippen molar-refractivity contribution in [1.29, 1.82) is 0 Å². The largest absolute Gasteiger partial charge is 0.388 e. The quantitative estimate of drug-likeness (QED) is 0.848. The molecule has 1 fully saturated rings. The molecular formula is C13H21N3O2. The van der Waals surface area contributed by atoms with Crippen LogP contribution in [0.5, 0.6) is 0 Å². The minimum atomic E-state index is -0.700. The number of rotatable bonds is 4. The summed E-state index contributed by atoms with van der Waals surface area (Å²) in [5, 5.41) is 17.1. The molecule has 0 aromatic carbocycles. The number of likely N-dealkylation sites (N-methyl/N-ethyl adjacent to an activating group) is 1. The first-order valence-electron chi connectivity index (χ1n) is 6.56. The fraction of sp³-hybridized carbons (Fsp3) is 0.692. The van der Waals surface area contributed by atoms with Crippen molar-refractivity contribution in [2.45, 2.75) is 44.6 Å². The number of hydrogen-bond acceptors (Lipinski definition) is 3. The predicted molar refractivity (Wildman–Crippen MR) is 68.3 cm³/mol. The molecule has 1 aromatic heterocycles. The maximum atomic E-state index is 12.1. The van der Waals surface area contributed by atoms with E-state index < -0.39 is 5.60 Å². The van der Waals surface area contributed by atoms with Crippen LogP contribution in [0.25, 0.3) is 0 Å². The lowest BCUT2D eigenvalue weighted by molar-refractivity contribution is 0.0155. The van der Waals surface area contributed by atoms with Gasteiger partial charge in [0.1, 0.15) is 5.69 Å². The Bertz CT molecular complexity index is 422. The monoisotopic (exact) mass is 251 g/mol. The lowest BCUT2D eigenvalue weighted by Crippen LogP contribution is -2.42. The highest BCUT2D eigenvalue weighted by atomic mass is 16.3. The second-order valence-corrected chi connectivity index (χ2v) is 5.22. The number of aromatic nitrogens is 2. The Morgan fingerprint density at radius 1 is 1.56 bits per heavy atom. The van der Waals surface area contributed by atoms with Gasteiger partial charge < -0.3 is 10.0 Å². The standard InChI is InChI=1S/C13H21N3O2/c1-3-10-8-11(15-14-10)12(17)16(2)9-13(18)6-4-5-7-13/h8,18H,3-7,9H2,1-2H3,(H,14,15). The maximum Gasteiger partial charge on any atom is 0.274 e. The first-order chi connectivity index (χ1) is 8.54. The topological polar surface area (TPSA) is 69.2 Å². The fourth-order valence-corrected chi connectivity index (χ4v) is 2.55. The molecule has 1 aromatic rings. The summed E-state index contributed by atoms with van der Waals surface area (Å²) < 4.78 is 0. The van der Waals surface area contributed by atoms with Crippen LogP contribution < -0.4 is 0 Å². The third-order valence-electron chi connectivity index (χ3n) is 3.64. The summed E-state index contributed by atoms with van der Waals surface area (Å²) in [6.07, 6.45) is 4.48. The Kier molecular flexibility index (Phi) is 3.71. The van der Waals surface area contributed by atoms with Gasteiger partial charge in [-0.2, -0.15) is 5.10 Å². The molecule has 0 atom stereocenters. The average molecular weight is 251 g/mol. The molecule has 2 rings (SSSR count). The molecule has 100 valence electrons. The zero-order chi connectivity index (χ0) is 13.2. The molecule has 0 aliphatic heterocycles. The molecule has 1 amide bonds.